The van der Waals surface area contributed by atoms with E-state index in [1.54, 1.807) is 17.9 Å². The Morgan fingerprint density at radius 3 is 2.75 bits per heavy atom. The Hall–Kier alpha value is -2.11. The summed E-state index contributed by atoms with van der Waals surface area (Å²) >= 11 is 0. The molecule has 2 rings (SSSR count). The van der Waals surface area contributed by atoms with Crippen molar-refractivity contribution in [2.75, 3.05) is 12.3 Å². The molecule has 1 saturated heterocycles. The Morgan fingerprint density at radius 2 is 2.15 bits per heavy atom. The van der Waals surface area contributed by atoms with E-state index < -0.39 is 4.92 Å². The number of nitro groups is 1. The summed E-state index contributed by atoms with van der Waals surface area (Å²) < 4.78 is 0. The lowest BCUT2D eigenvalue weighted by Crippen LogP contribution is -2.42. The Balaban J connectivity index is 2.41. The molecule has 1 aliphatic rings. The highest BCUT2D eigenvalue weighted by Gasteiger charge is 2.28. The number of likely N-dealkylation sites (tertiary alicyclic amines) is 1. The highest BCUT2D eigenvalue weighted by molar-refractivity contribution is 6.01. The maximum absolute atomic E-state index is 12.6. The van der Waals surface area contributed by atoms with Crippen molar-refractivity contribution in [3.05, 3.63) is 33.4 Å². The van der Waals surface area contributed by atoms with E-state index in [0.717, 1.165) is 19.3 Å². The number of carbonyl (C=O) groups is 1. The lowest BCUT2D eigenvalue weighted by Gasteiger charge is -2.33. The second kappa shape index (κ2) is 5.48. The lowest BCUT2D eigenvalue weighted by atomic mass is 10.0. The Morgan fingerprint density at radius 1 is 1.45 bits per heavy atom. The number of nitrogens with two attached hydrogens (primary N) is 1. The van der Waals surface area contributed by atoms with Gasteiger partial charge in [-0.25, -0.2) is 0 Å². The summed E-state index contributed by atoms with van der Waals surface area (Å²) in [5.74, 6) is -0.207. The molecule has 1 heterocycles. The topological polar surface area (TPSA) is 89.5 Å². The van der Waals surface area contributed by atoms with Crippen LogP contribution < -0.4 is 5.73 Å². The summed E-state index contributed by atoms with van der Waals surface area (Å²) in [5.41, 5.74) is 6.49. The molecule has 0 saturated carbocycles. The van der Waals surface area contributed by atoms with Crippen LogP contribution in [0.25, 0.3) is 0 Å². The number of carbonyl (C=O) groups excluding carboxylic acids is 1. The van der Waals surface area contributed by atoms with Crippen LogP contribution in [0.1, 0.15) is 42.1 Å². The average Bonchev–Trinajstić information content (AvgIpc) is 2.40. The Bertz CT molecular complexity index is 557. The minimum absolute atomic E-state index is 0.0385. The maximum Gasteiger partial charge on any atom is 0.293 e. The van der Waals surface area contributed by atoms with Crippen molar-refractivity contribution in [3.63, 3.8) is 0 Å². The molecule has 1 fully saturated rings. The van der Waals surface area contributed by atoms with Gasteiger partial charge in [-0.1, -0.05) is 0 Å². The van der Waals surface area contributed by atoms with E-state index in [4.69, 9.17) is 5.73 Å². The van der Waals surface area contributed by atoms with Gasteiger partial charge in [-0.05, 0) is 44.7 Å². The van der Waals surface area contributed by atoms with Crippen LogP contribution in [-0.4, -0.2) is 28.3 Å². The zero-order chi connectivity index (χ0) is 14.9. The molecule has 0 aliphatic carbocycles. The molecule has 1 aromatic carbocycles. The molecule has 20 heavy (non-hydrogen) atoms. The van der Waals surface area contributed by atoms with Gasteiger partial charge in [-0.2, -0.15) is 0 Å². The number of hydrogen-bond acceptors (Lipinski definition) is 4. The minimum Gasteiger partial charge on any atom is -0.393 e. The van der Waals surface area contributed by atoms with E-state index in [1.807, 2.05) is 6.92 Å². The van der Waals surface area contributed by atoms with Crippen LogP contribution in [0.2, 0.25) is 0 Å². The monoisotopic (exact) mass is 277 g/mol. The molecule has 6 heteroatoms. The number of aryl methyl sites for hydroxylation is 1. The van der Waals surface area contributed by atoms with Gasteiger partial charge in [0.25, 0.3) is 11.6 Å². The predicted octanol–water partition coefficient (Wildman–Crippen LogP) is 2.50. The van der Waals surface area contributed by atoms with E-state index in [2.05, 4.69) is 0 Å². The van der Waals surface area contributed by atoms with Gasteiger partial charge in [0.05, 0.1) is 10.5 Å². The first kappa shape index (κ1) is 14.3. The second-order valence-electron chi connectivity index (χ2n) is 5.35. The molecule has 0 bridgehead atoms. The average molecular weight is 277 g/mol. The van der Waals surface area contributed by atoms with Gasteiger partial charge in [-0.3, -0.25) is 14.9 Å². The van der Waals surface area contributed by atoms with Crippen LogP contribution in [0.15, 0.2) is 12.1 Å². The lowest BCUT2D eigenvalue weighted by molar-refractivity contribution is -0.384. The van der Waals surface area contributed by atoms with Gasteiger partial charge in [0.15, 0.2) is 0 Å². The van der Waals surface area contributed by atoms with E-state index in [9.17, 15) is 14.9 Å². The fraction of sp³-hybridized carbons (Fsp3) is 0.500. The minimum atomic E-state index is -0.543. The van der Waals surface area contributed by atoms with Gasteiger partial charge in [0.1, 0.15) is 5.69 Å². The first-order valence-electron chi connectivity index (χ1n) is 6.77. The molecule has 108 valence electrons. The van der Waals surface area contributed by atoms with Gasteiger partial charge < -0.3 is 10.6 Å². The first-order chi connectivity index (χ1) is 9.41. The number of rotatable bonds is 2. The third-order valence-corrected chi connectivity index (χ3v) is 3.79. The van der Waals surface area contributed by atoms with Crippen LogP contribution in [0.4, 0.5) is 11.4 Å². The van der Waals surface area contributed by atoms with Crippen molar-refractivity contribution in [1.82, 2.24) is 4.90 Å². The molecule has 0 radical (unpaired) electrons. The van der Waals surface area contributed by atoms with Crippen molar-refractivity contribution in [1.29, 1.82) is 0 Å². The molecule has 1 atom stereocenters. The summed E-state index contributed by atoms with van der Waals surface area (Å²) in [6.45, 7) is 4.40. The summed E-state index contributed by atoms with van der Waals surface area (Å²) in [5, 5.41) is 11.0. The molecule has 1 aliphatic heterocycles. The van der Waals surface area contributed by atoms with Crippen molar-refractivity contribution in [2.24, 2.45) is 0 Å². The quantitative estimate of drug-likeness (QED) is 0.511. The summed E-state index contributed by atoms with van der Waals surface area (Å²) in [6, 6.07) is 3.17. The van der Waals surface area contributed by atoms with E-state index in [1.165, 1.54) is 6.07 Å². The maximum atomic E-state index is 12.6. The molecule has 1 aromatic rings. The normalized spacial score (nSPS) is 18.9. The standard InChI is InChI=1S/C14H19N3O3/c1-9-7-11(13(15)12(8-9)17(19)20)14(18)16-6-4-3-5-10(16)2/h7-8,10H,3-6,15H2,1-2H3. The van der Waals surface area contributed by atoms with Crippen LogP contribution >= 0.6 is 0 Å². The molecule has 2 N–H and O–H groups in total. The van der Waals surface area contributed by atoms with Gasteiger partial charge in [0.2, 0.25) is 0 Å². The molecule has 1 unspecified atom stereocenters. The summed E-state index contributed by atoms with van der Waals surface area (Å²) in [6.07, 6.45) is 3.03. The highest BCUT2D eigenvalue weighted by atomic mass is 16.6. The number of nitrogens with zero attached hydrogens (tertiary/aromatic N) is 2. The number of nitro benzene ring substituents is 1. The summed E-state index contributed by atoms with van der Waals surface area (Å²) in [7, 11) is 0. The van der Waals surface area contributed by atoms with Crippen molar-refractivity contribution in [3.8, 4) is 0 Å². The first-order valence-corrected chi connectivity index (χ1v) is 6.77. The van der Waals surface area contributed by atoms with Crippen LogP contribution in [0, 0.1) is 17.0 Å². The molecule has 0 aromatic heterocycles. The molecule has 1 amide bonds. The van der Waals surface area contributed by atoms with Crippen LogP contribution in [0.3, 0.4) is 0 Å². The van der Waals surface area contributed by atoms with Gasteiger partial charge in [-0.15, -0.1) is 0 Å². The zero-order valence-electron chi connectivity index (χ0n) is 11.8. The van der Waals surface area contributed by atoms with E-state index in [-0.39, 0.29) is 28.9 Å². The number of piperidine rings is 1. The number of benzene rings is 1. The highest BCUT2D eigenvalue weighted by Crippen LogP contribution is 2.29. The number of hydrogen-bond donors (Lipinski definition) is 1. The summed E-state index contributed by atoms with van der Waals surface area (Å²) in [4.78, 5) is 24.8. The Labute approximate surface area is 117 Å². The van der Waals surface area contributed by atoms with Gasteiger partial charge >= 0.3 is 0 Å². The molecular weight excluding hydrogens is 258 g/mol. The van der Waals surface area contributed by atoms with Crippen molar-refractivity contribution in [2.45, 2.75) is 39.2 Å². The third kappa shape index (κ3) is 2.59. The van der Waals surface area contributed by atoms with Crippen LogP contribution in [0.5, 0.6) is 0 Å². The van der Waals surface area contributed by atoms with Crippen molar-refractivity contribution < 1.29 is 9.72 Å². The Kier molecular flexibility index (Phi) is 3.92. The molecule has 0 spiro atoms. The molecular formula is C14H19N3O3. The SMILES string of the molecule is Cc1cc(C(=O)N2CCCCC2C)c(N)c([N+](=O)[O-])c1. The van der Waals surface area contributed by atoms with E-state index in [0.29, 0.717) is 12.1 Å². The van der Waals surface area contributed by atoms with Gasteiger partial charge in [0, 0.05) is 18.7 Å². The van der Waals surface area contributed by atoms with Crippen LogP contribution in [-0.2, 0) is 0 Å². The smallest absolute Gasteiger partial charge is 0.293 e. The fourth-order valence-electron chi connectivity index (χ4n) is 2.66. The number of anilines is 1. The second-order valence-corrected chi connectivity index (χ2v) is 5.35. The van der Waals surface area contributed by atoms with E-state index >= 15 is 0 Å². The number of amides is 1. The largest absolute Gasteiger partial charge is 0.393 e. The zero-order valence-corrected chi connectivity index (χ0v) is 11.8. The third-order valence-electron chi connectivity index (χ3n) is 3.79. The molecule has 6 nitrogen and oxygen atoms in total. The van der Waals surface area contributed by atoms with Crippen molar-refractivity contribution >= 4 is 17.3 Å². The number of nitrogen functional groups attached to an aromatic ring is 1. The predicted molar refractivity (Wildman–Crippen MR) is 76.6 cm³/mol. The fourth-order valence-corrected chi connectivity index (χ4v) is 2.66.